The predicted octanol–water partition coefficient (Wildman–Crippen LogP) is 3.41. The summed E-state index contributed by atoms with van der Waals surface area (Å²) in [6, 6.07) is 0.273. The van der Waals surface area contributed by atoms with E-state index in [1.54, 1.807) is 18.7 Å². The molecule has 0 N–H and O–H groups in total. The molecule has 6 nitrogen and oxygen atoms in total. The maximum Gasteiger partial charge on any atom is 0.410 e. The summed E-state index contributed by atoms with van der Waals surface area (Å²) in [5, 5.41) is 0. The minimum absolute atomic E-state index is 0.143. The molecule has 1 amide bonds. The Hall–Kier alpha value is -0.580. The lowest BCUT2D eigenvalue weighted by atomic mass is 9.94. The Morgan fingerprint density at radius 2 is 1.81 bits per heavy atom. The molecule has 1 aliphatic heterocycles. The van der Waals surface area contributed by atoms with Crippen LogP contribution < -0.4 is 0 Å². The van der Waals surface area contributed by atoms with Gasteiger partial charge in [0, 0.05) is 6.04 Å². The second-order valence-corrected chi connectivity index (χ2v) is 7.68. The zero-order chi connectivity index (χ0) is 15.3. The number of amides is 1. The Balaban J connectivity index is 1.93. The number of hydrogen-bond donors (Lipinski definition) is 0. The molecule has 1 unspecified atom stereocenters. The minimum atomic E-state index is -3.17. The van der Waals surface area contributed by atoms with Gasteiger partial charge < -0.3 is 18.7 Å². The summed E-state index contributed by atoms with van der Waals surface area (Å²) in [6.45, 7) is 4.70. The summed E-state index contributed by atoms with van der Waals surface area (Å²) in [4.78, 5) is 13.8. The van der Waals surface area contributed by atoms with Crippen LogP contribution in [0, 0.1) is 0 Å². The van der Waals surface area contributed by atoms with Gasteiger partial charge >= 0.3 is 13.7 Å². The fraction of sp³-hybridized carbons (Fsp3) is 0.929. The quantitative estimate of drug-likeness (QED) is 0.673. The average Bonchev–Trinajstić information content (AvgIpc) is 2.80. The van der Waals surface area contributed by atoms with Crippen molar-refractivity contribution >= 4 is 13.7 Å². The van der Waals surface area contributed by atoms with Gasteiger partial charge in [0.05, 0.1) is 25.9 Å². The molecule has 0 aromatic rings. The number of hydrogen-bond acceptors (Lipinski definition) is 5. The lowest BCUT2D eigenvalue weighted by Gasteiger charge is -2.29. The summed E-state index contributed by atoms with van der Waals surface area (Å²) in [6.07, 6.45) is 5.10. The summed E-state index contributed by atoms with van der Waals surface area (Å²) in [7, 11) is -3.17. The van der Waals surface area contributed by atoms with Crippen molar-refractivity contribution < 1.29 is 23.1 Å². The van der Waals surface area contributed by atoms with Crippen LogP contribution in [0.4, 0.5) is 4.79 Å². The van der Waals surface area contributed by atoms with Crippen LogP contribution in [0.5, 0.6) is 0 Å². The first kappa shape index (κ1) is 16.8. The summed E-state index contributed by atoms with van der Waals surface area (Å²) in [5.74, 6) is 0. The average molecular weight is 319 g/mol. The van der Waals surface area contributed by atoms with Crippen molar-refractivity contribution in [2.75, 3.05) is 25.9 Å². The van der Waals surface area contributed by atoms with Gasteiger partial charge in [-0.05, 0) is 26.7 Å². The molecule has 1 heterocycles. The predicted molar refractivity (Wildman–Crippen MR) is 79.6 cm³/mol. The normalized spacial score (nSPS) is 24.4. The molecule has 2 fully saturated rings. The molecule has 0 aromatic heterocycles. The van der Waals surface area contributed by atoms with Crippen LogP contribution in [0.1, 0.15) is 46.0 Å². The first-order valence-corrected chi connectivity index (χ1v) is 9.66. The minimum Gasteiger partial charge on any atom is -0.444 e. The molecule has 122 valence electrons. The van der Waals surface area contributed by atoms with Crippen LogP contribution in [-0.2, 0) is 18.3 Å². The zero-order valence-corrected chi connectivity index (χ0v) is 13.8. The molecule has 2 aliphatic rings. The number of carbonyl (C=O) groups excluding carboxylic acids is 1. The van der Waals surface area contributed by atoms with Gasteiger partial charge in [-0.1, -0.05) is 19.3 Å². The smallest absolute Gasteiger partial charge is 0.410 e. The van der Waals surface area contributed by atoms with Crippen LogP contribution >= 0.6 is 7.60 Å². The summed E-state index contributed by atoms with van der Waals surface area (Å²) in [5.41, 5.74) is 0. The number of rotatable bonds is 7. The highest BCUT2D eigenvalue weighted by Crippen LogP contribution is 2.49. The van der Waals surface area contributed by atoms with E-state index in [-0.39, 0.29) is 18.3 Å². The first-order valence-electron chi connectivity index (χ1n) is 7.93. The molecule has 2 rings (SSSR count). The van der Waals surface area contributed by atoms with E-state index in [4.69, 9.17) is 13.8 Å². The number of ether oxygens (including phenoxy) is 1. The van der Waals surface area contributed by atoms with E-state index in [1.807, 2.05) is 0 Å². The third-order valence-electron chi connectivity index (χ3n) is 4.00. The molecule has 0 bridgehead atoms. The molecule has 21 heavy (non-hydrogen) atoms. The Labute approximate surface area is 126 Å². The Morgan fingerprint density at radius 1 is 1.19 bits per heavy atom. The second kappa shape index (κ2) is 7.61. The van der Waals surface area contributed by atoms with Crippen LogP contribution in [0.25, 0.3) is 0 Å². The van der Waals surface area contributed by atoms with Crippen LogP contribution in [-0.4, -0.2) is 49.1 Å². The van der Waals surface area contributed by atoms with Gasteiger partial charge in [-0.3, -0.25) is 4.57 Å². The molecule has 0 radical (unpaired) electrons. The van der Waals surface area contributed by atoms with Crippen molar-refractivity contribution in [2.45, 2.75) is 58.1 Å². The number of nitrogens with zero attached hydrogens (tertiary/aromatic N) is 1. The highest BCUT2D eigenvalue weighted by atomic mass is 31.2. The monoisotopic (exact) mass is 319 g/mol. The van der Waals surface area contributed by atoms with Crippen molar-refractivity contribution in [3.63, 3.8) is 0 Å². The van der Waals surface area contributed by atoms with Gasteiger partial charge in [-0.15, -0.1) is 0 Å². The Kier molecular flexibility index (Phi) is 6.08. The molecule has 1 atom stereocenters. The van der Waals surface area contributed by atoms with E-state index in [0.29, 0.717) is 19.8 Å². The maximum absolute atomic E-state index is 12.5. The van der Waals surface area contributed by atoms with E-state index in [0.717, 1.165) is 25.7 Å². The lowest BCUT2D eigenvalue weighted by Crippen LogP contribution is -2.38. The lowest BCUT2D eigenvalue weighted by molar-refractivity contribution is 0.125. The van der Waals surface area contributed by atoms with E-state index < -0.39 is 13.7 Å². The molecule has 1 aliphatic carbocycles. The number of cyclic esters (lactones) is 1. The number of carbonyl (C=O) groups is 1. The molecule has 1 saturated carbocycles. The van der Waals surface area contributed by atoms with E-state index in [2.05, 4.69) is 0 Å². The standard InChI is InChI=1S/C14H26NO5P/c1-3-18-21(17,19-4-2)11-13-10-15(14(16)20-13)12-8-6-5-7-9-12/h12-13H,3-11H2,1-2H3. The summed E-state index contributed by atoms with van der Waals surface area (Å²) < 4.78 is 28.4. The van der Waals surface area contributed by atoms with Crippen LogP contribution in [0.3, 0.4) is 0 Å². The fourth-order valence-corrected chi connectivity index (χ4v) is 4.87. The molecular formula is C14H26NO5P. The van der Waals surface area contributed by atoms with E-state index >= 15 is 0 Å². The first-order chi connectivity index (χ1) is 10.1. The Bertz CT molecular complexity index is 387. The van der Waals surface area contributed by atoms with Gasteiger partial charge in [0.2, 0.25) is 0 Å². The van der Waals surface area contributed by atoms with E-state index in [9.17, 15) is 9.36 Å². The van der Waals surface area contributed by atoms with Crippen molar-refractivity contribution in [3.8, 4) is 0 Å². The SMILES string of the molecule is CCOP(=O)(CC1CN(C2CCCCC2)C(=O)O1)OCC. The van der Waals surface area contributed by atoms with Crippen molar-refractivity contribution in [1.29, 1.82) is 0 Å². The molecular weight excluding hydrogens is 293 g/mol. The summed E-state index contributed by atoms with van der Waals surface area (Å²) >= 11 is 0. The van der Waals surface area contributed by atoms with Gasteiger partial charge in [-0.2, -0.15) is 0 Å². The maximum atomic E-state index is 12.5. The highest BCUT2D eigenvalue weighted by molar-refractivity contribution is 7.53. The van der Waals surface area contributed by atoms with Crippen molar-refractivity contribution in [1.82, 2.24) is 4.90 Å². The van der Waals surface area contributed by atoms with Gasteiger partial charge in [0.15, 0.2) is 0 Å². The molecule has 0 spiro atoms. The van der Waals surface area contributed by atoms with Crippen molar-refractivity contribution in [3.05, 3.63) is 0 Å². The largest absolute Gasteiger partial charge is 0.444 e. The molecule has 1 saturated heterocycles. The second-order valence-electron chi connectivity index (χ2n) is 5.58. The third-order valence-corrected chi connectivity index (χ3v) is 6.15. The van der Waals surface area contributed by atoms with Crippen molar-refractivity contribution in [2.24, 2.45) is 0 Å². The molecule has 0 aromatic carbocycles. The highest BCUT2D eigenvalue weighted by Gasteiger charge is 2.40. The third kappa shape index (κ3) is 4.44. The Morgan fingerprint density at radius 3 is 2.38 bits per heavy atom. The topological polar surface area (TPSA) is 65.1 Å². The van der Waals surface area contributed by atoms with Crippen LogP contribution in [0.15, 0.2) is 0 Å². The zero-order valence-electron chi connectivity index (χ0n) is 13.0. The van der Waals surface area contributed by atoms with Gasteiger partial charge in [-0.25, -0.2) is 4.79 Å². The molecule has 7 heteroatoms. The van der Waals surface area contributed by atoms with Gasteiger partial charge in [0.25, 0.3) is 0 Å². The van der Waals surface area contributed by atoms with Crippen LogP contribution in [0.2, 0.25) is 0 Å². The van der Waals surface area contributed by atoms with Gasteiger partial charge in [0.1, 0.15) is 6.10 Å². The van der Waals surface area contributed by atoms with E-state index in [1.165, 1.54) is 6.42 Å². The fourth-order valence-electron chi connectivity index (χ4n) is 3.11.